The van der Waals surface area contributed by atoms with Crippen LogP contribution < -0.4 is 0 Å². The van der Waals surface area contributed by atoms with Crippen molar-refractivity contribution in [2.24, 2.45) is 0 Å². The van der Waals surface area contributed by atoms with Crippen molar-refractivity contribution in [1.82, 2.24) is 14.9 Å². The third kappa shape index (κ3) is 1.98. The zero-order valence-electron chi connectivity index (χ0n) is 9.08. The van der Waals surface area contributed by atoms with Crippen molar-refractivity contribution in [3.05, 3.63) is 29.6 Å². The van der Waals surface area contributed by atoms with Crippen molar-refractivity contribution in [3.63, 3.8) is 0 Å². The first-order valence-corrected chi connectivity index (χ1v) is 5.28. The molecule has 1 atom stereocenters. The van der Waals surface area contributed by atoms with Gasteiger partial charge in [0.25, 0.3) is 0 Å². The average Bonchev–Trinajstić information content (AvgIpc) is 2.55. The molecule has 1 aromatic carbocycles. The van der Waals surface area contributed by atoms with Gasteiger partial charge < -0.3 is 4.98 Å². The van der Waals surface area contributed by atoms with Crippen LogP contribution in [0.1, 0.15) is 16.9 Å². The molecule has 0 amide bonds. The van der Waals surface area contributed by atoms with Crippen molar-refractivity contribution in [2.45, 2.75) is 12.4 Å². The third-order valence-electron chi connectivity index (χ3n) is 2.35. The number of hydrogen-bond acceptors (Lipinski definition) is 2. The van der Waals surface area contributed by atoms with Gasteiger partial charge in [-0.05, 0) is 38.7 Å². The van der Waals surface area contributed by atoms with Gasteiger partial charge in [-0.25, -0.2) is 4.98 Å². The molecule has 0 aliphatic heterocycles. The maximum Gasteiger partial charge on any atom is 0.110 e. The number of aromatic amines is 1. The minimum atomic E-state index is -0.0991. The number of alkyl halides is 1. The van der Waals surface area contributed by atoms with E-state index in [1.54, 1.807) is 0 Å². The fraction of sp³-hybridized carbons (Fsp3) is 0.364. The van der Waals surface area contributed by atoms with Crippen LogP contribution >= 0.6 is 11.6 Å². The molecule has 0 radical (unpaired) electrons. The number of hydrogen-bond donors (Lipinski definition) is 1. The Morgan fingerprint density at radius 1 is 1.40 bits per heavy atom. The van der Waals surface area contributed by atoms with Crippen LogP contribution in [0.2, 0.25) is 0 Å². The molecule has 15 heavy (non-hydrogen) atoms. The number of fused-ring (bicyclic) bond motifs is 1. The zero-order valence-corrected chi connectivity index (χ0v) is 9.84. The van der Waals surface area contributed by atoms with Gasteiger partial charge in [-0.2, -0.15) is 0 Å². The largest absolute Gasteiger partial charge is 0.342 e. The van der Waals surface area contributed by atoms with E-state index in [0.717, 1.165) is 22.4 Å². The molecule has 1 N–H and O–H groups in total. The highest BCUT2D eigenvalue weighted by atomic mass is 35.5. The average molecular weight is 224 g/mol. The van der Waals surface area contributed by atoms with E-state index in [4.69, 9.17) is 11.6 Å². The van der Waals surface area contributed by atoms with Gasteiger partial charge in [0.15, 0.2) is 0 Å². The zero-order chi connectivity index (χ0) is 11.0. The van der Waals surface area contributed by atoms with Crippen LogP contribution in [-0.4, -0.2) is 29.0 Å². The summed E-state index contributed by atoms with van der Waals surface area (Å²) in [6.07, 6.45) is 0. The van der Waals surface area contributed by atoms with Crippen LogP contribution in [0.5, 0.6) is 0 Å². The second-order valence-electron chi connectivity index (χ2n) is 3.90. The Hall–Kier alpha value is -1.06. The first-order chi connectivity index (χ1) is 7.08. The molecule has 3 nitrogen and oxygen atoms in total. The lowest BCUT2D eigenvalue weighted by atomic mass is 10.2. The minimum absolute atomic E-state index is 0.0991. The number of imidazole rings is 1. The van der Waals surface area contributed by atoms with E-state index < -0.39 is 0 Å². The summed E-state index contributed by atoms with van der Waals surface area (Å²) in [4.78, 5) is 9.51. The Bertz CT molecular complexity index is 476. The van der Waals surface area contributed by atoms with E-state index in [9.17, 15) is 0 Å². The number of aromatic nitrogens is 2. The first kappa shape index (κ1) is 10.5. The molecule has 1 aromatic heterocycles. The molecule has 4 heteroatoms. The molecular weight excluding hydrogens is 210 g/mol. The van der Waals surface area contributed by atoms with Crippen molar-refractivity contribution < 1.29 is 0 Å². The molecular formula is C11H14ClN3. The highest BCUT2D eigenvalue weighted by Gasteiger charge is 2.11. The second kappa shape index (κ2) is 3.83. The Balaban J connectivity index is 2.46. The third-order valence-corrected chi connectivity index (χ3v) is 3.00. The Labute approximate surface area is 94.1 Å². The summed E-state index contributed by atoms with van der Waals surface area (Å²) < 4.78 is 0. The van der Waals surface area contributed by atoms with E-state index in [1.807, 2.05) is 44.1 Å². The van der Waals surface area contributed by atoms with Crippen LogP contribution in [0.3, 0.4) is 0 Å². The van der Waals surface area contributed by atoms with Crippen molar-refractivity contribution >= 4 is 22.6 Å². The summed E-state index contributed by atoms with van der Waals surface area (Å²) in [5.74, 6) is 0.929. The summed E-state index contributed by atoms with van der Waals surface area (Å²) in [5.41, 5.74) is 3.01. The maximum absolute atomic E-state index is 6.24. The molecule has 80 valence electrons. The molecule has 1 unspecified atom stereocenters. The van der Waals surface area contributed by atoms with Gasteiger partial charge in [0, 0.05) is 0 Å². The van der Waals surface area contributed by atoms with E-state index in [2.05, 4.69) is 9.97 Å². The summed E-state index contributed by atoms with van der Waals surface area (Å²) in [7, 11) is 3.92. The van der Waals surface area contributed by atoms with Gasteiger partial charge in [0.05, 0.1) is 11.0 Å². The van der Waals surface area contributed by atoms with E-state index in [-0.39, 0.29) is 5.50 Å². The van der Waals surface area contributed by atoms with Gasteiger partial charge in [0.2, 0.25) is 0 Å². The van der Waals surface area contributed by atoms with E-state index in [1.165, 1.54) is 0 Å². The molecule has 0 saturated carbocycles. The van der Waals surface area contributed by atoms with Crippen molar-refractivity contribution in [1.29, 1.82) is 0 Å². The fourth-order valence-electron chi connectivity index (χ4n) is 1.60. The lowest BCUT2D eigenvalue weighted by Gasteiger charge is -2.17. The number of benzene rings is 1. The van der Waals surface area contributed by atoms with Gasteiger partial charge in [-0.1, -0.05) is 6.07 Å². The number of H-pyrrole nitrogens is 1. The Kier molecular flexibility index (Phi) is 2.67. The maximum atomic E-state index is 6.24. The van der Waals surface area contributed by atoms with E-state index >= 15 is 0 Å². The van der Waals surface area contributed by atoms with E-state index in [0.29, 0.717) is 0 Å². The molecule has 0 bridgehead atoms. The molecule has 0 saturated heterocycles. The number of aryl methyl sites for hydroxylation is 1. The lowest BCUT2D eigenvalue weighted by Crippen LogP contribution is -2.14. The van der Waals surface area contributed by atoms with Crippen LogP contribution in [0.15, 0.2) is 18.2 Å². The number of nitrogens with one attached hydrogen (secondary N) is 1. The molecule has 2 aromatic rings. The van der Waals surface area contributed by atoms with Crippen LogP contribution in [0.25, 0.3) is 11.0 Å². The molecule has 0 aliphatic rings. The predicted molar refractivity (Wildman–Crippen MR) is 63.1 cm³/mol. The Morgan fingerprint density at radius 3 is 2.80 bits per heavy atom. The number of rotatable bonds is 2. The standard InChI is InChI=1S/C11H14ClN3/c1-7-13-9-5-4-8(6-10(9)14-7)11(12)15(2)3/h4-6,11H,1-3H3,(H,13,14). The summed E-state index contributed by atoms with van der Waals surface area (Å²) in [6.45, 7) is 1.95. The minimum Gasteiger partial charge on any atom is -0.342 e. The van der Waals surface area contributed by atoms with Gasteiger partial charge in [-0.15, -0.1) is 11.6 Å². The number of halogens is 1. The first-order valence-electron chi connectivity index (χ1n) is 4.84. The van der Waals surface area contributed by atoms with Crippen LogP contribution in [0, 0.1) is 6.92 Å². The Morgan fingerprint density at radius 2 is 2.13 bits per heavy atom. The second-order valence-corrected chi connectivity index (χ2v) is 4.31. The fourth-order valence-corrected chi connectivity index (χ4v) is 1.74. The topological polar surface area (TPSA) is 31.9 Å². The van der Waals surface area contributed by atoms with Crippen LogP contribution in [-0.2, 0) is 0 Å². The SMILES string of the molecule is Cc1nc2ccc(C(Cl)N(C)C)cc2[nH]1. The van der Waals surface area contributed by atoms with Crippen molar-refractivity contribution in [2.75, 3.05) is 14.1 Å². The summed E-state index contributed by atoms with van der Waals surface area (Å²) in [6, 6.07) is 6.06. The van der Waals surface area contributed by atoms with Gasteiger partial charge in [0.1, 0.15) is 11.3 Å². The molecule has 2 rings (SSSR count). The summed E-state index contributed by atoms with van der Waals surface area (Å²) >= 11 is 6.24. The van der Waals surface area contributed by atoms with Gasteiger partial charge >= 0.3 is 0 Å². The smallest absolute Gasteiger partial charge is 0.110 e. The normalized spacial score (nSPS) is 13.7. The van der Waals surface area contributed by atoms with Crippen molar-refractivity contribution in [3.8, 4) is 0 Å². The monoisotopic (exact) mass is 223 g/mol. The predicted octanol–water partition coefficient (Wildman–Crippen LogP) is 2.67. The highest BCUT2D eigenvalue weighted by Crippen LogP contribution is 2.25. The number of nitrogens with zero attached hydrogens (tertiary/aromatic N) is 2. The van der Waals surface area contributed by atoms with Crippen LogP contribution in [0.4, 0.5) is 0 Å². The lowest BCUT2D eigenvalue weighted by molar-refractivity contribution is 0.385. The summed E-state index contributed by atoms with van der Waals surface area (Å²) in [5, 5.41) is 0. The molecule has 0 spiro atoms. The highest BCUT2D eigenvalue weighted by molar-refractivity contribution is 6.20. The quantitative estimate of drug-likeness (QED) is 0.627. The van der Waals surface area contributed by atoms with Gasteiger partial charge in [-0.3, -0.25) is 4.90 Å². The molecule has 0 aliphatic carbocycles. The molecule has 1 heterocycles. The molecule has 0 fully saturated rings.